The van der Waals surface area contributed by atoms with Gasteiger partial charge in [0.15, 0.2) is 0 Å². The minimum atomic E-state index is 0.791. The van der Waals surface area contributed by atoms with E-state index in [1.54, 1.807) is 0 Å². The zero-order chi connectivity index (χ0) is 17.3. The number of hydrogen-bond acceptors (Lipinski definition) is 4. The van der Waals surface area contributed by atoms with Gasteiger partial charge in [0.1, 0.15) is 0 Å². The summed E-state index contributed by atoms with van der Waals surface area (Å²) in [5.74, 6) is 0. The molecule has 1 saturated heterocycles. The van der Waals surface area contributed by atoms with Crippen molar-refractivity contribution in [1.82, 2.24) is 15.1 Å². The van der Waals surface area contributed by atoms with Crippen LogP contribution in [0.2, 0.25) is 0 Å². The van der Waals surface area contributed by atoms with E-state index in [1.807, 2.05) is 0 Å². The molecule has 0 atom stereocenters. The molecule has 1 heterocycles. The van der Waals surface area contributed by atoms with Crippen LogP contribution in [-0.4, -0.2) is 68.7 Å². The lowest BCUT2D eigenvalue weighted by molar-refractivity contribution is 0.188. The van der Waals surface area contributed by atoms with Crippen LogP contribution < -0.4 is 11.1 Å². The molecule has 0 radical (unpaired) electrons. The molecule has 0 aromatic carbocycles. The van der Waals surface area contributed by atoms with Gasteiger partial charge in [0.25, 0.3) is 0 Å². The smallest absolute Gasteiger partial charge is 0.0110 e. The van der Waals surface area contributed by atoms with Crippen molar-refractivity contribution in [3.05, 3.63) is 0 Å². The zero-order valence-corrected chi connectivity index (χ0v) is 16.4. The van der Waals surface area contributed by atoms with Crippen LogP contribution in [-0.2, 0) is 0 Å². The second-order valence-corrected chi connectivity index (χ2v) is 7.40. The molecule has 144 valence electrons. The van der Waals surface area contributed by atoms with Gasteiger partial charge in [-0.05, 0) is 13.0 Å². The molecule has 1 rings (SSSR count). The summed E-state index contributed by atoms with van der Waals surface area (Å²) >= 11 is 0. The van der Waals surface area contributed by atoms with E-state index in [1.165, 1.54) is 96.9 Å². The molecular weight excluding hydrogens is 296 g/mol. The normalized spacial score (nSPS) is 16.1. The Balaban J connectivity index is 1.94. The van der Waals surface area contributed by atoms with Gasteiger partial charge in [0.2, 0.25) is 0 Å². The number of nitrogens with zero attached hydrogens (tertiary/aromatic N) is 2. The Kier molecular flexibility index (Phi) is 14.9. The van der Waals surface area contributed by atoms with Crippen molar-refractivity contribution in [2.45, 2.75) is 71.1 Å². The van der Waals surface area contributed by atoms with E-state index in [0.29, 0.717) is 0 Å². The highest BCUT2D eigenvalue weighted by Gasteiger charge is 2.11. The van der Waals surface area contributed by atoms with E-state index in [2.05, 4.69) is 22.0 Å². The highest BCUT2D eigenvalue weighted by molar-refractivity contribution is 4.70. The largest absolute Gasteiger partial charge is 0.329 e. The molecule has 0 spiro atoms. The van der Waals surface area contributed by atoms with Gasteiger partial charge in [-0.25, -0.2) is 0 Å². The lowest BCUT2D eigenvalue weighted by atomic mass is 10.1. The number of hydrogen-bond donors (Lipinski definition) is 2. The zero-order valence-electron chi connectivity index (χ0n) is 16.4. The van der Waals surface area contributed by atoms with Crippen molar-refractivity contribution < 1.29 is 0 Å². The standard InChI is InChI=1S/C20H44N4/c1-2-3-4-5-6-7-8-9-10-11-15-23(16-12-21)19-20-24-17-13-22-14-18-24/h22H,2-21H2,1H3. The van der Waals surface area contributed by atoms with Gasteiger partial charge in [-0.1, -0.05) is 64.7 Å². The second-order valence-electron chi connectivity index (χ2n) is 7.40. The van der Waals surface area contributed by atoms with Crippen LogP contribution in [0.25, 0.3) is 0 Å². The first kappa shape index (κ1) is 21.9. The molecule has 1 aliphatic heterocycles. The SMILES string of the molecule is CCCCCCCCCCCCN(CCN)CCN1CCNCC1. The number of piperazine rings is 1. The Labute approximate surface area is 151 Å². The maximum Gasteiger partial charge on any atom is 0.0110 e. The van der Waals surface area contributed by atoms with Crippen LogP contribution in [0, 0.1) is 0 Å². The average molecular weight is 341 g/mol. The summed E-state index contributed by atoms with van der Waals surface area (Å²) in [6.07, 6.45) is 14.1. The van der Waals surface area contributed by atoms with Crippen LogP contribution in [0.4, 0.5) is 0 Å². The summed E-state index contributed by atoms with van der Waals surface area (Å²) in [5.41, 5.74) is 5.79. The molecule has 0 aromatic rings. The molecule has 24 heavy (non-hydrogen) atoms. The minimum absolute atomic E-state index is 0.791. The van der Waals surface area contributed by atoms with Gasteiger partial charge in [0.05, 0.1) is 0 Å². The fraction of sp³-hybridized carbons (Fsp3) is 1.00. The van der Waals surface area contributed by atoms with Gasteiger partial charge in [0, 0.05) is 52.4 Å². The Morgan fingerprint density at radius 3 is 1.96 bits per heavy atom. The third-order valence-corrected chi connectivity index (χ3v) is 5.22. The highest BCUT2D eigenvalue weighted by Crippen LogP contribution is 2.10. The van der Waals surface area contributed by atoms with Crippen molar-refractivity contribution in [1.29, 1.82) is 0 Å². The van der Waals surface area contributed by atoms with E-state index in [0.717, 1.165) is 26.2 Å². The first-order chi connectivity index (χ1) is 11.9. The summed E-state index contributed by atoms with van der Waals surface area (Å²) in [6.45, 7) is 12.5. The Morgan fingerprint density at radius 2 is 1.38 bits per heavy atom. The lowest BCUT2D eigenvalue weighted by Crippen LogP contribution is -2.46. The highest BCUT2D eigenvalue weighted by atomic mass is 15.2. The monoisotopic (exact) mass is 340 g/mol. The molecule has 4 nitrogen and oxygen atoms in total. The molecule has 3 N–H and O–H groups in total. The summed E-state index contributed by atoms with van der Waals surface area (Å²) in [4.78, 5) is 5.16. The topological polar surface area (TPSA) is 44.5 Å². The van der Waals surface area contributed by atoms with E-state index in [-0.39, 0.29) is 0 Å². The van der Waals surface area contributed by atoms with Crippen molar-refractivity contribution in [2.24, 2.45) is 5.73 Å². The Hall–Kier alpha value is -0.160. The van der Waals surface area contributed by atoms with Crippen LogP contribution in [0.1, 0.15) is 71.1 Å². The molecule has 1 fully saturated rings. The fourth-order valence-electron chi connectivity index (χ4n) is 3.56. The second kappa shape index (κ2) is 16.3. The van der Waals surface area contributed by atoms with E-state index in [4.69, 9.17) is 5.73 Å². The van der Waals surface area contributed by atoms with Gasteiger partial charge in [-0.15, -0.1) is 0 Å². The lowest BCUT2D eigenvalue weighted by Gasteiger charge is -2.30. The molecule has 0 unspecified atom stereocenters. The minimum Gasteiger partial charge on any atom is -0.329 e. The van der Waals surface area contributed by atoms with Crippen LogP contribution in [0.5, 0.6) is 0 Å². The molecular formula is C20H44N4. The molecule has 1 aliphatic rings. The van der Waals surface area contributed by atoms with E-state index < -0.39 is 0 Å². The van der Waals surface area contributed by atoms with E-state index >= 15 is 0 Å². The summed E-state index contributed by atoms with van der Waals surface area (Å²) in [7, 11) is 0. The fourth-order valence-corrected chi connectivity index (χ4v) is 3.56. The quantitative estimate of drug-likeness (QED) is 0.424. The van der Waals surface area contributed by atoms with Gasteiger partial charge in [-0.3, -0.25) is 4.90 Å². The number of nitrogens with one attached hydrogen (secondary N) is 1. The van der Waals surface area contributed by atoms with Crippen LogP contribution in [0.15, 0.2) is 0 Å². The van der Waals surface area contributed by atoms with Gasteiger partial charge < -0.3 is 16.0 Å². The predicted octanol–water partition coefficient (Wildman–Crippen LogP) is 3.07. The summed E-state index contributed by atoms with van der Waals surface area (Å²) in [5, 5.41) is 3.42. The summed E-state index contributed by atoms with van der Waals surface area (Å²) < 4.78 is 0. The average Bonchev–Trinajstić information content (AvgIpc) is 2.62. The van der Waals surface area contributed by atoms with Crippen molar-refractivity contribution in [2.75, 3.05) is 58.9 Å². The number of unbranched alkanes of at least 4 members (excludes halogenated alkanes) is 9. The third kappa shape index (κ3) is 12.2. The first-order valence-electron chi connectivity index (χ1n) is 10.7. The molecule has 0 saturated carbocycles. The van der Waals surface area contributed by atoms with Crippen LogP contribution >= 0.6 is 0 Å². The first-order valence-corrected chi connectivity index (χ1v) is 10.7. The third-order valence-electron chi connectivity index (χ3n) is 5.22. The number of nitrogens with two attached hydrogens (primary N) is 1. The molecule has 0 aromatic heterocycles. The summed E-state index contributed by atoms with van der Waals surface area (Å²) in [6, 6.07) is 0. The molecule has 0 amide bonds. The van der Waals surface area contributed by atoms with Gasteiger partial charge >= 0.3 is 0 Å². The Bertz CT molecular complexity index is 254. The maximum absolute atomic E-state index is 5.79. The molecule has 4 heteroatoms. The molecule has 0 aliphatic carbocycles. The van der Waals surface area contributed by atoms with E-state index in [9.17, 15) is 0 Å². The van der Waals surface area contributed by atoms with Crippen LogP contribution in [0.3, 0.4) is 0 Å². The van der Waals surface area contributed by atoms with Crippen molar-refractivity contribution in [3.8, 4) is 0 Å². The predicted molar refractivity (Wildman–Crippen MR) is 107 cm³/mol. The van der Waals surface area contributed by atoms with Crippen molar-refractivity contribution in [3.63, 3.8) is 0 Å². The Morgan fingerprint density at radius 1 is 0.792 bits per heavy atom. The number of rotatable bonds is 16. The van der Waals surface area contributed by atoms with Gasteiger partial charge in [-0.2, -0.15) is 0 Å². The molecule has 0 bridgehead atoms. The maximum atomic E-state index is 5.79. The van der Waals surface area contributed by atoms with Crippen molar-refractivity contribution >= 4 is 0 Å².